The third-order valence-electron chi connectivity index (χ3n) is 6.40. The molecule has 5 aromatic rings. The van der Waals surface area contributed by atoms with E-state index in [0.717, 1.165) is 21.8 Å². The second-order valence-corrected chi connectivity index (χ2v) is 8.59. The first-order valence-electron chi connectivity index (χ1n) is 11.5. The van der Waals surface area contributed by atoms with Crippen molar-refractivity contribution < 1.29 is 19.4 Å². The molecule has 2 heterocycles. The molecule has 0 bridgehead atoms. The fourth-order valence-electron chi connectivity index (χ4n) is 4.77. The average Bonchev–Trinajstić information content (AvgIpc) is 3.35. The van der Waals surface area contributed by atoms with Crippen molar-refractivity contribution in [1.82, 2.24) is 4.57 Å². The van der Waals surface area contributed by atoms with Crippen molar-refractivity contribution in [2.24, 2.45) is 0 Å². The van der Waals surface area contributed by atoms with Crippen LogP contribution in [-0.2, 0) is 6.54 Å². The normalized spacial score (nSPS) is 14.0. The molecule has 0 saturated carbocycles. The van der Waals surface area contributed by atoms with Crippen LogP contribution in [0.4, 0.5) is 5.69 Å². The topological polar surface area (TPSA) is 71.8 Å². The van der Waals surface area contributed by atoms with Crippen LogP contribution in [0.1, 0.15) is 20.7 Å². The molecule has 2 amide bonds. The number of aliphatic hydroxyl groups is 1. The van der Waals surface area contributed by atoms with Gasteiger partial charge in [0.05, 0.1) is 23.4 Å². The lowest BCUT2D eigenvalue weighted by Gasteiger charge is -2.17. The summed E-state index contributed by atoms with van der Waals surface area (Å²) in [5, 5.41) is 13.1. The van der Waals surface area contributed by atoms with E-state index in [1.54, 1.807) is 48.5 Å². The maximum Gasteiger partial charge on any atom is 0.266 e. The fraction of sp³-hybridized carbons (Fsp3) is 0.103. The van der Waals surface area contributed by atoms with Crippen molar-refractivity contribution in [2.75, 3.05) is 11.5 Å². The molecule has 6 rings (SSSR count). The van der Waals surface area contributed by atoms with Gasteiger partial charge in [-0.15, -0.1) is 0 Å². The number of aliphatic hydroxyl groups excluding tert-OH is 1. The number of para-hydroxylation sites is 2. The summed E-state index contributed by atoms with van der Waals surface area (Å²) in [5.41, 5.74) is 3.43. The Labute approximate surface area is 201 Å². The number of hydrogen-bond donors (Lipinski definition) is 1. The van der Waals surface area contributed by atoms with Crippen molar-refractivity contribution >= 4 is 39.3 Å². The maximum absolute atomic E-state index is 12.7. The number of hydrogen-bond acceptors (Lipinski definition) is 4. The van der Waals surface area contributed by atoms with Crippen LogP contribution in [0.2, 0.25) is 0 Å². The number of benzene rings is 4. The quantitative estimate of drug-likeness (QED) is 0.359. The van der Waals surface area contributed by atoms with Gasteiger partial charge in [-0.2, -0.15) is 0 Å². The summed E-state index contributed by atoms with van der Waals surface area (Å²) in [5.74, 6) is -0.117. The van der Waals surface area contributed by atoms with E-state index in [-0.39, 0.29) is 18.4 Å². The molecule has 0 spiro atoms. The Morgan fingerprint density at radius 2 is 1.20 bits per heavy atom. The van der Waals surface area contributed by atoms with Crippen LogP contribution in [0, 0.1) is 0 Å². The standard InChI is InChI=1S/C29H22N2O4/c32-20(17-30-26-11-5-3-7-22(26)23-8-4-6-12-27(23)30)18-35-21-15-13-19(14-16-21)31-28(33)24-9-1-2-10-25(24)29(31)34/h1-16,20,32H,17-18H2/t20-/m0/s1. The summed E-state index contributed by atoms with van der Waals surface area (Å²) < 4.78 is 7.94. The van der Waals surface area contributed by atoms with Crippen LogP contribution in [0.15, 0.2) is 97.1 Å². The largest absolute Gasteiger partial charge is 0.491 e. The second-order valence-electron chi connectivity index (χ2n) is 8.59. The van der Waals surface area contributed by atoms with Gasteiger partial charge in [0.25, 0.3) is 11.8 Å². The van der Waals surface area contributed by atoms with E-state index in [1.807, 2.05) is 24.3 Å². The van der Waals surface area contributed by atoms with Gasteiger partial charge in [0, 0.05) is 21.8 Å². The minimum Gasteiger partial charge on any atom is -0.491 e. The molecule has 172 valence electrons. The molecule has 35 heavy (non-hydrogen) atoms. The van der Waals surface area contributed by atoms with Crippen molar-refractivity contribution in [3.63, 3.8) is 0 Å². The van der Waals surface area contributed by atoms with Gasteiger partial charge in [0.1, 0.15) is 18.5 Å². The molecule has 6 heteroatoms. The van der Waals surface area contributed by atoms with Crippen molar-refractivity contribution in [3.8, 4) is 5.75 Å². The Hall–Kier alpha value is -4.42. The van der Waals surface area contributed by atoms with E-state index >= 15 is 0 Å². The number of carbonyl (C=O) groups excluding carboxylic acids is 2. The second kappa shape index (κ2) is 8.42. The molecule has 6 nitrogen and oxygen atoms in total. The van der Waals surface area contributed by atoms with Crippen LogP contribution >= 0.6 is 0 Å². The predicted molar refractivity (Wildman–Crippen MR) is 135 cm³/mol. The number of anilines is 1. The number of rotatable bonds is 6. The summed E-state index contributed by atoms with van der Waals surface area (Å²) in [6.07, 6.45) is -0.731. The molecule has 1 aromatic heterocycles. The molecule has 1 N–H and O–H groups in total. The third kappa shape index (κ3) is 3.55. The van der Waals surface area contributed by atoms with E-state index in [0.29, 0.717) is 29.1 Å². The van der Waals surface area contributed by atoms with Gasteiger partial charge in [-0.05, 0) is 48.5 Å². The summed E-state index contributed by atoms with van der Waals surface area (Å²) in [6, 6.07) is 29.9. The maximum atomic E-state index is 12.7. The Balaban J connectivity index is 1.16. The Kier molecular flexibility index (Phi) is 5.08. The van der Waals surface area contributed by atoms with Crippen LogP contribution in [0.5, 0.6) is 5.75 Å². The van der Waals surface area contributed by atoms with Gasteiger partial charge in [0.2, 0.25) is 0 Å². The Bertz CT molecular complexity index is 1500. The smallest absolute Gasteiger partial charge is 0.266 e. The zero-order valence-corrected chi connectivity index (χ0v) is 18.8. The lowest BCUT2D eigenvalue weighted by Crippen LogP contribution is -2.29. The van der Waals surface area contributed by atoms with Crippen LogP contribution in [-0.4, -0.2) is 34.2 Å². The molecule has 1 aliphatic heterocycles. The first kappa shape index (κ1) is 21.1. The van der Waals surface area contributed by atoms with Gasteiger partial charge < -0.3 is 14.4 Å². The van der Waals surface area contributed by atoms with E-state index < -0.39 is 6.10 Å². The SMILES string of the molecule is O=C1c2ccccc2C(=O)N1c1ccc(OC[C@@H](O)Cn2c3ccccc3c3ccccc32)cc1. The van der Waals surface area contributed by atoms with Crippen LogP contribution < -0.4 is 9.64 Å². The van der Waals surface area contributed by atoms with Crippen LogP contribution in [0.25, 0.3) is 21.8 Å². The fourth-order valence-corrected chi connectivity index (χ4v) is 4.77. The van der Waals surface area contributed by atoms with Gasteiger partial charge >= 0.3 is 0 Å². The highest BCUT2D eigenvalue weighted by atomic mass is 16.5. The average molecular weight is 463 g/mol. The van der Waals surface area contributed by atoms with Gasteiger partial charge in [0.15, 0.2) is 0 Å². The molecule has 0 unspecified atom stereocenters. The molecule has 0 fully saturated rings. The molecule has 1 atom stereocenters. The first-order chi connectivity index (χ1) is 17.1. The third-order valence-corrected chi connectivity index (χ3v) is 6.40. The molecular weight excluding hydrogens is 440 g/mol. The van der Waals surface area contributed by atoms with Gasteiger partial charge in [-0.1, -0.05) is 48.5 Å². The Morgan fingerprint density at radius 3 is 1.77 bits per heavy atom. The summed E-state index contributed by atoms with van der Waals surface area (Å²) in [4.78, 5) is 26.5. The van der Waals surface area contributed by atoms with E-state index in [4.69, 9.17) is 4.74 Å². The molecule has 0 aliphatic carbocycles. The number of fused-ring (bicyclic) bond motifs is 4. The highest BCUT2D eigenvalue weighted by molar-refractivity contribution is 6.34. The van der Waals surface area contributed by atoms with Crippen molar-refractivity contribution in [1.29, 1.82) is 0 Å². The van der Waals surface area contributed by atoms with Crippen molar-refractivity contribution in [2.45, 2.75) is 12.6 Å². The number of imide groups is 1. The summed E-state index contributed by atoms with van der Waals surface area (Å²) >= 11 is 0. The number of amides is 2. The van der Waals surface area contributed by atoms with Gasteiger partial charge in [-0.25, -0.2) is 4.90 Å². The highest BCUT2D eigenvalue weighted by Crippen LogP contribution is 2.30. The Morgan fingerprint density at radius 1 is 0.686 bits per heavy atom. The first-order valence-corrected chi connectivity index (χ1v) is 11.5. The molecular formula is C29H22N2O4. The van der Waals surface area contributed by atoms with E-state index in [1.165, 1.54) is 4.90 Å². The molecule has 1 aliphatic rings. The summed E-state index contributed by atoms with van der Waals surface area (Å²) in [7, 11) is 0. The number of aromatic nitrogens is 1. The molecule has 0 saturated heterocycles. The predicted octanol–water partition coefficient (Wildman–Crippen LogP) is 5.04. The lowest BCUT2D eigenvalue weighted by atomic mass is 10.1. The zero-order chi connectivity index (χ0) is 23.9. The molecule has 4 aromatic carbocycles. The summed E-state index contributed by atoms with van der Waals surface area (Å²) in [6.45, 7) is 0.494. The molecule has 0 radical (unpaired) electrons. The van der Waals surface area contributed by atoms with Crippen LogP contribution in [0.3, 0.4) is 0 Å². The number of nitrogens with zero attached hydrogens (tertiary/aromatic N) is 2. The highest BCUT2D eigenvalue weighted by Gasteiger charge is 2.36. The minimum absolute atomic E-state index is 0.104. The lowest BCUT2D eigenvalue weighted by molar-refractivity contribution is 0.0926. The van der Waals surface area contributed by atoms with E-state index in [2.05, 4.69) is 28.8 Å². The van der Waals surface area contributed by atoms with Gasteiger partial charge in [-0.3, -0.25) is 9.59 Å². The number of ether oxygens (including phenoxy) is 1. The van der Waals surface area contributed by atoms with Crippen molar-refractivity contribution in [3.05, 3.63) is 108 Å². The monoisotopic (exact) mass is 462 g/mol. The van der Waals surface area contributed by atoms with E-state index in [9.17, 15) is 14.7 Å². The minimum atomic E-state index is -0.731. The number of carbonyl (C=O) groups is 2. The zero-order valence-electron chi connectivity index (χ0n) is 18.8.